The van der Waals surface area contributed by atoms with Crippen molar-refractivity contribution in [2.24, 2.45) is 5.92 Å². The van der Waals surface area contributed by atoms with Gasteiger partial charge in [0, 0.05) is 6.54 Å². The average Bonchev–Trinajstić information content (AvgIpc) is 2.62. The first-order valence-corrected chi connectivity index (χ1v) is 5.66. The molecule has 86 valence electrons. The Morgan fingerprint density at radius 1 is 1.38 bits per heavy atom. The highest BCUT2D eigenvalue weighted by molar-refractivity contribution is 5.70. The van der Waals surface area contributed by atoms with Crippen molar-refractivity contribution in [2.45, 2.75) is 26.4 Å². The minimum absolute atomic E-state index is 0.192. The summed E-state index contributed by atoms with van der Waals surface area (Å²) in [5, 5.41) is 0. The average molecular weight is 219 g/mol. The SMILES string of the molecule is CC(C)[C@H]1COC(=O)N1Cc1ccccc1. The second-order valence-electron chi connectivity index (χ2n) is 4.50. The fourth-order valence-electron chi connectivity index (χ4n) is 1.98. The zero-order valence-electron chi connectivity index (χ0n) is 9.72. The summed E-state index contributed by atoms with van der Waals surface area (Å²) in [6, 6.07) is 10.2. The normalized spacial score (nSPS) is 20.3. The summed E-state index contributed by atoms with van der Waals surface area (Å²) in [6.07, 6.45) is -0.192. The Morgan fingerprint density at radius 3 is 2.69 bits per heavy atom. The number of hydrogen-bond donors (Lipinski definition) is 0. The Labute approximate surface area is 96.0 Å². The zero-order valence-corrected chi connectivity index (χ0v) is 9.72. The number of rotatable bonds is 3. The lowest BCUT2D eigenvalue weighted by atomic mass is 10.0. The lowest BCUT2D eigenvalue weighted by Crippen LogP contribution is -2.36. The lowest BCUT2D eigenvalue weighted by Gasteiger charge is -2.24. The summed E-state index contributed by atoms with van der Waals surface area (Å²) in [5.41, 5.74) is 1.15. The number of ether oxygens (including phenoxy) is 1. The molecule has 1 aromatic rings. The van der Waals surface area contributed by atoms with Gasteiger partial charge in [-0.25, -0.2) is 4.79 Å². The summed E-state index contributed by atoms with van der Waals surface area (Å²) >= 11 is 0. The van der Waals surface area contributed by atoms with Crippen LogP contribution in [0.3, 0.4) is 0 Å². The number of carbonyl (C=O) groups is 1. The van der Waals surface area contributed by atoms with Crippen molar-refractivity contribution in [3.05, 3.63) is 35.9 Å². The number of cyclic esters (lactones) is 1. The molecule has 1 aliphatic rings. The molecule has 1 atom stereocenters. The van der Waals surface area contributed by atoms with E-state index in [1.54, 1.807) is 0 Å². The van der Waals surface area contributed by atoms with E-state index in [9.17, 15) is 4.79 Å². The molecule has 3 nitrogen and oxygen atoms in total. The number of amides is 1. The van der Waals surface area contributed by atoms with Crippen LogP contribution in [0.4, 0.5) is 4.79 Å². The van der Waals surface area contributed by atoms with Crippen molar-refractivity contribution in [1.29, 1.82) is 0 Å². The van der Waals surface area contributed by atoms with E-state index < -0.39 is 0 Å². The minimum atomic E-state index is -0.192. The third kappa shape index (κ3) is 2.18. The van der Waals surface area contributed by atoms with E-state index in [0.29, 0.717) is 19.1 Å². The summed E-state index contributed by atoms with van der Waals surface area (Å²) in [5.74, 6) is 0.426. The fourth-order valence-corrected chi connectivity index (χ4v) is 1.98. The molecule has 0 N–H and O–H groups in total. The standard InChI is InChI=1S/C13H17NO2/c1-10(2)12-9-16-13(15)14(12)8-11-6-4-3-5-7-11/h3-7,10,12H,8-9H2,1-2H3/t12-/m1/s1. The predicted molar refractivity (Wildman–Crippen MR) is 62.0 cm³/mol. The van der Waals surface area contributed by atoms with E-state index in [4.69, 9.17) is 4.74 Å². The van der Waals surface area contributed by atoms with Gasteiger partial charge in [-0.1, -0.05) is 44.2 Å². The fraction of sp³-hybridized carbons (Fsp3) is 0.462. The van der Waals surface area contributed by atoms with E-state index in [0.717, 1.165) is 5.56 Å². The van der Waals surface area contributed by atoms with Crippen molar-refractivity contribution in [1.82, 2.24) is 4.90 Å². The predicted octanol–water partition coefficient (Wildman–Crippen LogP) is 2.66. The maximum absolute atomic E-state index is 11.6. The van der Waals surface area contributed by atoms with Crippen LogP contribution in [0.15, 0.2) is 30.3 Å². The Hall–Kier alpha value is -1.51. The summed E-state index contributed by atoms with van der Waals surface area (Å²) < 4.78 is 5.10. The molecule has 1 aromatic carbocycles. The summed E-state index contributed by atoms with van der Waals surface area (Å²) in [4.78, 5) is 13.4. The maximum Gasteiger partial charge on any atom is 0.410 e. The van der Waals surface area contributed by atoms with Crippen molar-refractivity contribution < 1.29 is 9.53 Å². The molecule has 0 unspecified atom stereocenters. The molecule has 0 aliphatic carbocycles. The number of nitrogens with zero attached hydrogens (tertiary/aromatic N) is 1. The molecule has 1 fully saturated rings. The van der Waals surface area contributed by atoms with Crippen LogP contribution in [-0.2, 0) is 11.3 Å². The van der Waals surface area contributed by atoms with Gasteiger partial charge in [-0.05, 0) is 11.5 Å². The first-order valence-electron chi connectivity index (χ1n) is 5.66. The Kier molecular flexibility index (Phi) is 3.13. The van der Waals surface area contributed by atoms with Gasteiger partial charge in [0.15, 0.2) is 0 Å². The van der Waals surface area contributed by atoms with Gasteiger partial charge in [0.05, 0.1) is 6.04 Å². The van der Waals surface area contributed by atoms with Crippen molar-refractivity contribution in [2.75, 3.05) is 6.61 Å². The van der Waals surface area contributed by atoms with Gasteiger partial charge in [0.25, 0.3) is 0 Å². The second-order valence-corrected chi connectivity index (χ2v) is 4.50. The van der Waals surface area contributed by atoms with Crippen LogP contribution in [0.25, 0.3) is 0 Å². The molecule has 0 spiro atoms. The molecule has 1 heterocycles. The highest BCUT2D eigenvalue weighted by atomic mass is 16.6. The van der Waals surface area contributed by atoms with Gasteiger partial charge in [0.1, 0.15) is 6.61 Å². The molecular weight excluding hydrogens is 202 g/mol. The summed E-state index contributed by atoms with van der Waals surface area (Å²) in [6.45, 7) is 5.39. The molecule has 0 saturated carbocycles. The molecule has 0 aromatic heterocycles. The van der Waals surface area contributed by atoms with E-state index in [1.807, 2.05) is 35.2 Å². The van der Waals surface area contributed by atoms with Crippen LogP contribution in [0.1, 0.15) is 19.4 Å². The van der Waals surface area contributed by atoms with Crippen LogP contribution in [0, 0.1) is 5.92 Å². The van der Waals surface area contributed by atoms with Crippen molar-refractivity contribution in [3.8, 4) is 0 Å². The smallest absolute Gasteiger partial charge is 0.410 e. The Balaban J connectivity index is 2.10. The van der Waals surface area contributed by atoms with E-state index in [1.165, 1.54) is 0 Å². The van der Waals surface area contributed by atoms with Gasteiger partial charge < -0.3 is 4.74 Å². The third-order valence-electron chi connectivity index (χ3n) is 2.98. The van der Waals surface area contributed by atoms with Gasteiger partial charge in [0.2, 0.25) is 0 Å². The third-order valence-corrected chi connectivity index (χ3v) is 2.98. The highest BCUT2D eigenvalue weighted by Crippen LogP contribution is 2.21. The molecule has 1 saturated heterocycles. The first kappa shape index (κ1) is 11.0. The van der Waals surface area contributed by atoms with Crippen LogP contribution in [0.5, 0.6) is 0 Å². The molecule has 0 radical (unpaired) electrons. The first-order chi connectivity index (χ1) is 7.68. The molecule has 2 rings (SSSR count). The van der Waals surface area contributed by atoms with Crippen LogP contribution < -0.4 is 0 Å². The molecule has 3 heteroatoms. The zero-order chi connectivity index (χ0) is 11.5. The second kappa shape index (κ2) is 4.56. The van der Waals surface area contributed by atoms with Gasteiger partial charge in [-0.15, -0.1) is 0 Å². The number of benzene rings is 1. The van der Waals surface area contributed by atoms with Crippen LogP contribution >= 0.6 is 0 Å². The molecule has 16 heavy (non-hydrogen) atoms. The monoisotopic (exact) mass is 219 g/mol. The van der Waals surface area contributed by atoms with Crippen molar-refractivity contribution in [3.63, 3.8) is 0 Å². The minimum Gasteiger partial charge on any atom is -0.447 e. The quantitative estimate of drug-likeness (QED) is 0.782. The Bertz CT molecular complexity index is 361. The van der Waals surface area contributed by atoms with Crippen molar-refractivity contribution >= 4 is 6.09 Å². The molecule has 1 amide bonds. The number of carbonyl (C=O) groups excluding carboxylic acids is 1. The molecular formula is C13H17NO2. The lowest BCUT2D eigenvalue weighted by molar-refractivity contribution is 0.155. The van der Waals surface area contributed by atoms with E-state index >= 15 is 0 Å². The summed E-state index contributed by atoms with van der Waals surface area (Å²) in [7, 11) is 0. The number of hydrogen-bond acceptors (Lipinski definition) is 2. The van der Waals surface area contributed by atoms with Crippen LogP contribution in [0.2, 0.25) is 0 Å². The topological polar surface area (TPSA) is 29.5 Å². The van der Waals surface area contributed by atoms with Gasteiger partial charge in [-0.2, -0.15) is 0 Å². The highest BCUT2D eigenvalue weighted by Gasteiger charge is 2.34. The molecule has 0 bridgehead atoms. The Morgan fingerprint density at radius 2 is 2.06 bits per heavy atom. The van der Waals surface area contributed by atoms with Gasteiger partial charge in [-0.3, -0.25) is 4.90 Å². The van der Waals surface area contributed by atoms with Gasteiger partial charge >= 0.3 is 6.09 Å². The van der Waals surface area contributed by atoms with Crippen LogP contribution in [-0.4, -0.2) is 23.6 Å². The molecule has 1 aliphatic heterocycles. The maximum atomic E-state index is 11.6. The van der Waals surface area contributed by atoms with E-state index in [-0.39, 0.29) is 12.1 Å². The largest absolute Gasteiger partial charge is 0.447 e. The van der Waals surface area contributed by atoms with E-state index in [2.05, 4.69) is 13.8 Å².